The Labute approximate surface area is 123 Å². The van der Waals surface area contributed by atoms with Crippen LogP contribution in [0.2, 0.25) is 0 Å². The number of carbonyl (C=O) groups excluding carboxylic acids is 2. The number of hydrogen-bond donors (Lipinski definition) is 2. The Hall–Kier alpha value is -2.39. The molecule has 2 N–H and O–H groups in total. The summed E-state index contributed by atoms with van der Waals surface area (Å²) in [6, 6.07) is 2.90. The molecule has 1 aromatic heterocycles. The van der Waals surface area contributed by atoms with E-state index >= 15 is 0 Å². The molecule has 0 radical (unpaired) electrons. The molecule has 21 heavy (non-hydrogen) atoms. The zero-order valence-corrected chi connectivity index (χ0v) is 11.8. The van der Waals surface area contributed by atoms with Crippen LogP contribution in [0.25, 0.3) is 0 Å². The summed E-state index contributed by atoms with van der Waals surface area (Å²) < 4.78 is 0. The highest BCUT2D eigenvalue weighted by Gasteiger charge is 2.35. The molecule has 1 atom stereocenters. The molecular formula is C15H17N3O3. The molecule has 0 spiro atoms. The van der Waals surface area contributed by atoms with Gasteiger partial charge in [-0.15, -0.1) is 0 Å². The standard InChI is InChI=1S/C15H17N3O3/c1-16-14(20)12-7-3-9-18(12)15(21)13-11(6-4-10-19)5-2-8-17-13/h2,5,8,12,19H,3,7,9-10H2,1H3,(H,16,20). The van der Waals surface area contributed by atoms with Crippen molar-refractivity contribution in [1.29, 1.82) is 0 Å². The number of likely N-dealkylation sites (N-methyl/N-ethyl adjacent to an activating group) is 1. The summed E-state index contributed by atoms with van der Waals surface area (Å²) in [5.41, 5.74) is 0.674. The van der Waals surface area contributed by atoms with Gasteiger partial charge in [0.1, 0.15) is 18.3 Å². The summed E-state index contributed by atoms with van der Waals surface area (Å²) in [7, 11) is 1.56. The van der Waals surface area contributed by atoms with Gasteiger partial charge in [-0.1, -0.05) is 11.8 Å². The second-order valence-electron chi connectivity index (χ2n) is 4.63. The molecule has 6 nitrogen and oxygen atoms in total. The largest absolute Gasteiger partial charge is 0.384 e. The van der Waals surface area contributed by atoms with Crippen LogP contribution in [0.15, 0.2) is 18.3 Å². The highest BCUT2D eigenvalue weighted by Crippen LogP contribution is 2.20. The number of aliphatic hydroxyl groups excluding tert-OH is 1. The second kappa shape index (κ2) is 6.86. The lowest BCUT2D eigenvalue weighted by atomic mass is 10.1. The normalized spacial score (nSPS) is 17.0. The number of nitrogens with one attached hydrogen (secondary N) is 1. The van der Waals surface area contributed by atoms with Crippen LogP contribution in [0, 0.1) is 11.8 Å². The molecule has 2 heterocycles. The summed E-state index contributed by atoms with van der Waals surface area (Å²) >= 11 is 0. The maximum absolute atomic E-state index is 12.6. The molecule has 0 aliphatic carbocycles. The molecule has 2 amide bonds. The van der Waals surface area contributed by atoms with Crippen molar-refractivity contribution in [2.45, 2.75) is 18.9 Å². The summed E-state index contributed by atoms with van der Waals surface area (Å²) in [5.74, 6) is 4.76. The van der Waals surface area contributed by atoms with E-state index in [1.54, 1.807) is 19.2 Å². The summed E-state index contributed by atoms with van der Waals surface area (Å²) in [5, 5.41) is 11.4. The van der Waals surface area contributed by atoms with E-state index in [4.69, 9.17) is 5.11 Å². The predicted molar refractivity (Wildman–Crippen MR) is 76.3 cm³/mol. The van der Waals surface area contributed by atoms with E-state index in [1.165, 1.54) is 11.1 Å². The first kappa shape index (κ1) is 15.0. The van der Waals surface area contributed by atoms with Crippen molar-refractivity contribution >= 4 is 11.8 Å². The fourth-order valence-corrected chi connectivity index (χ4v) is 2.40. The van der Waals surface area contributed by atoms with Crippen molar-refractivity contribution in [3.05, 3.63) is 29.6 Å². The van der Waals surface area contributed by atoms with Gasteiger partial charge in [0, 0.05) is 19.8 Å². The van der Waals surface area contributed by atoms with Gasteiger partial charge < -0.3 is 15.3 Å². The van der Waals surface area contributed by atoms with Gasteiger partial charge in [0.25, 0.3) is 5.91 Å². The van der Waals surface area contributed by atoms with E-state index in [0.717, 1.165) is 6.42 Å². The van der Waals surface area contributed by atoms with E-state index in [0.29, 0.717) is 18.5 Å². The van der Waals surface area contributed by atoms with Crippen molar-refractivity contribution in [3.63, 3.8) is 0 Å². The Balaban J connectivity index is 2.30. The summed E-state index contributed by atoms with van der Waals surface area (Å²) in [4.78, 5) is 30.1. The maximum Gasteiger partial charge on any atom is 0.274 e. The monoisotopic (exact) mass is 287 g/mol. The Kier molecular flexibility index (Phi) is 4.90. The van der Waals surface area contributed by atoms with Gasteiger partial charge in [-0.2, -0.15) is 0 Å². The van der Waals surface area contributed by atoms with Gasteiger partial charge in [0.2, 0.25) is 5.91 Å². The summed E-state index contributed by atoms with van der Waals surface area (Å²) in [6.45, 7) is 0.244. The lowest BCUT2D eigenvalue weighted by molar-refractivity contribution is -0.124. The molecule has 1 fully saturated rings. The molecular weight excluding hydrogens is 270 g/mol. The first-order chi connectivity index (χ1) is 10.2. The molecule has 110 valence electrons. The highest BCUT2D eigenvalue weighted by molar-refractivity contribution is 5.98. The third-order valence-electron chi connectivity index (χ3n) is 3.38. The van der Waals surface area contributed by atoms with Gasteiger partial charge in [-0.05, 0) is 25.0 Å². The number of amides is 2. The molecule has 0 saturated carbocycles. The molecule has 6 heteroatoms. The first-order valence-corrected chi connectivity index (χ1v) is 6.76. The van der Waals surface area contributed by atoms with Crippen molar-refractivity contribution in [2.24, 2.45) is 0 Å². The minimum atomic E-state index is -0.455. The van der Waals surface area contributed by atoms with Crippen molar-refractivity contribution in [2.75, 3.05) is 20.2 Å². The molecule has 1 aromatic rings. The molecule has 1 saturated heterocycles. The van der Waals surface area contributed by atoms with Gasteiger partial charge >= 0.3 is 0 Å². The molecule has 0 aromatic carbocycles. The maximum atomic E-state index is 12.6. The Morgan fingerprint density at radius 3 is 3.10 bits per heavy atom. The molecule has 0 bridgehead atoms. The number of aromatic nitrogens is 1. The molecule has 1 unspecified atom stereocenters. The highest BCUT2D eigenvalue weighted by atomic mass is 16.2. The van der Waals surface area contributed by atoms with Crippen molar-refractivity contribution < 1.29 is 14.7 Å². The molecule has 2 rings (SSSR count). The smallest absolute Gasteiger partial charge is 0.274 e. The quantitative estimate of drug-likeness (QED) is 0.737. The number of nitrogens with zero attached hydrogens (tertiary/aromatic N) is 2. The van der Waals surface area contributed by atoms with Crippen LogP contribution in [-0.2, 0) is 4.79 Å². The van der Waals surface area contributed by atoms with Crippen molar-refractivity contribution in [1.82, 2.24) is 15.2 Å². The number of carbonyl (C=O) groups is 2. The zero-order chi connectivity index (χ0) is 15.2. The molecule has 1 aliphatic heterocycles. The van der Waals surface area contributed by atoms with Gasteiger partial charge in [0.05, 0.1) is 5.56 Å². The van der Waals surface area contributed by atoms with Gasteiger partial charge in [-0.25, -0.2) is 4.98 Å². The third kappa shape index (κ3) is 3.20. The number of hydrogen-bond acceptors (Lipinski definition) is 4. The van der Waals surface area contributed by atoms with E-state index in [1.807, 2.05) is 0 Å². The fraction of sp³-hybridized carbons (Fsp3) is 0.400. The van der Waals surface area contributed by atoms with Crippen LogP contribution in [-0.4, -0.2) is 53.0 Å². The number of aliphatic hydroxyl groups is 1. The van der Waals surface area contributed by atoms with Crippen LogP contribution >= 0.6 is 0 Å². The van der Waals surface area contributed by atoms with Gasteiger partial charge in [0.15, 0.2) is 0 Å². The molecule has 1 aliphatic rings. The average Bonchev–Trinajstić information content (AvgIpc) is 3.01. The van der Waals surface area contributed by atoms with Crippen LogP contribution in [0.3, 0.4) is 0 Å². The Morgan fingerprint density at radius 2 is 2.38 bits per heavy atom. The van der Waals surface area contributed by atoms with E-state index < -0.39 is 6.04 Å². The average molecular weight is 287 g/mol. The number of rotatable bonds is 2. The minimum absolute atomic E-state index is 0.167. The van der Waals surface area contributed by atoms with Crippen LogP contribution in [0.1, 0.15) is 28.9 Å². The van der Waals surface area contributed by atoms with E-state index in [-0.39, 0.29) is 24.1 Å². The lowest BCUT2D eigenvalue weighted by Gasteiger charge is -2.23. The third-order valence-corrected chi connectivity index (χ3v) is 3.38. The zero-order valence-electron chi connectivity index (χ0n) is 11.8. The summed E-state index contributed by atoms with van der Waals surface area (Å²) in [6.07, 6.45) is 2.95. The second-order valence-corrected chi connectivity index (χ2v) is 4.63. The van der Waals surface area contributed by atoms with E-state index in [9.17, 15) is 9.59 Å². The topological polar surface area (TPSA) is 82.5 Å². The lowest BCUT2D eigenvalue weighted by Crippen LogP contribution is -2.45. The van der Waals surface area contributed by atoms with E-state index in [2.05, 4.69) is 22.1 Å². The predicted octanol–water partition coefficient (Wildman–Crippen LogP) is -0.224. The van der Waals surface area contributed by atoms with Crippen LogP contribution in [0.4, 0.5) is 0 Å². The fourth-order valence-electron chi connectivity index (χ4n) is 2.40. The number of pyridine rings is 1. The minimum Gasteiger partial charge on any atom is -0.384 e. The Bertz CT molecular complexity index is 604. The first-order valence-electron chi connectivity index (χ1n) is 6.76. The Morgan fingerprint density at radius 1 is 1.57 bits per heavy atom. The number of likely N-dealkylation sites (tertiary alicyclic amines) is 1. The van der Waals surface area contributed by atoms with Gasteiger partial charge in [-0.3, -0.25) is 9.59 Å². The van der Waals surface area contributed by atoms with Crippen LogP contribution in [0.5, 0.6) is 0 Å². The van der Waals surface area contributed by atoms with Crippen molar-refractivity contribution in [3.8, 4) is 11.8 Å². The van der Waals surface area contributed by atoms with Crippen LogP contribution < -0.4 is 5.32 Å². The SMILES string of the molecule is CNC(=O)C1CCCN1C(=O)c1ncccc1C#CCO.